The minimum atomic E-state index is 0.631. The highest BCUT2D eigenvalue weighted by atomic mass is 79.9. The van der Waals surface area contributed by atoms with Crippen LogP contribution in [-0.2, 0) is 17.8 Å². The van der Waals surface area contributed by atoms with E-state index in [-0.39, 0.29) is 0 Å². The standard InChI is InChI=1S/C16H17BrN2O/c1-9-2-5-11-15(18-10-3-4-10)12-8-20-7-6-13(12)19-16(11)14(9)17/h2,5,10H,3-4,6-8H2,1H3,(H,18,19). The van der Waals surface area contributed by atoms with Crippen molar-refractivity contribution in [2.75, 3.05) is 11.9 Å². The molecule has 4 rings (SSSR count). The van der Waals surface area contributed by atoms with Crippen LogP contribution in [0.15, 0.2) is 16.6 Å². The van der Waals surface area contributed by atoms with Crippen molar-refractivity contribution in [1.29, 1.82) is 0 Å². The molecule has 1 aromatic carbocycles. The van der Waals surface area contributed by atoms with Crippen molar-refractivity contribution in [3.63, 3.8) is 0 Å². The molecular weight excluding hydrogens is 316 g/mol. The van der Waals surface area contributed by atoms with Crippen LogP contribution in [0.2, 0.25) is 0 Å². The Balaban J connectivity index is 2.00. The van der Waals surface area contributed by atoms with Crippen LogP contribution in [0.1, 0.15) is 29.7 Å². The average molecular weight is 333 g/mol. The summed E-state index contributed by atoms with van der Waals surface area (Å²) >= 11 is 3.70. The van der Waals surface area contributed by atoms with Crippen molar-refractivity contribution >= 4 is 32.5 Å². The first-order valence-corrected chi connectivity index (χ1v) is 7.98. The molecule has 2 aliphatic rings. The van der Waals surface area contributed by atoms with E-state index < -0.39 is 0 Å². The molecule has 1 aliphatic heterocycles. The van der Waals surface area contributed by atoms with Crippen LogP contribution in [-0.4, -0.2) is 17.6 Å². The lowest BCUT2D eigenvalue weighted by Gasteiger charge is -2.22. The summed E-state index contributed by atoms with van der Waals surface area (Å²) in [5.41, 5.74) is 6.00. The predicted molar refractivity (Wildman–Crippen MR) is 84.2 cm³/mol. The SMILES string of the molecule is Cc1ccc2c(NC3CC3)c3c(nc2c1Br)CCOC3. The summed E-state index contributed by atoms with van der Waals surface area (Å²) in [4.78, 5) is 4.90. The summed E-state index contributed by atoms with van der Waals surface area (Å²) in [5.74, 6) is 0. The zero-order valence-electron chi connectivity index (χ0n) is 11.5. The van der Waals surface area contributed by atoms with Gasteiger partial charge in [-0.15, -0.1) is 0 Å². The fourth-order valence-electron chi connectivity index (χ4n) is 2.79. The van der Waals surface area contributed by atoms with Crippen LogP contribution in [0, 0.1) is 6.92 Å². The van der Waals surface area contributed by atoms with Gasteiger partial charge in [0.2, 0.25) is 0 Å². The highest BCUT2D eigenvalue weighted by Crippen LogP contribution is 2.38. The van der Waals surface area contributed by atoms with E-state index in [0.717, 1.165) is 23.0 Å². The topological polar surface area (TPSA) is 34.2 Å². The number of anilines is 1. The average Bonchev–Trinajstić information content (AvgIpc) is 3.27. The number of ether oxygens (including phenoxy) is 1. The maximum Gasteiger partial charge on any atom is 0.0870 e. The lowest BCUT2D eigenvalue weighted by Crippen LogP contribution is -2.16. The Bertz CT molecular complexity index is 695. The van der Waals surface area contributed by atoms with Gasteiger partial charge in [0.15, 0.2) is 0 Å². The number of nitrogens with zero attached hydrogens (tertiary/aromatic N) is 1. The number of halogens is 1. The van der Waals surface area contributed by atoms with Gasteiger partial charge >= 0.3 is 0 Å². The molecule has 1 aromatic heterocycles. The van der Waals surface area contributed by atoms with E-state index in [2.05, 4.69) is 40.3 Å². The number of pyridine rings is 1. The van der Waals surface area contributed by atoms with Crippen molar-refractivity contribution in [2.45, 2.75) is 38.8 Å². The van der Waals surface area contributed by atoms with Crippen molar-refractivity contribution in [3.05, 3.63) is 33.4 Å². The van der Waals surface area contributed by atoms with Crippen LogP contribution in [0.3, 0.4) is 0 Å². The van der Waals surface area contributed by atoms with E-state index in [0.29, 0.717) is 12.6 Å². The second-order valence-electron chi connectivity index (χ2n) is 5.73. The molecule has 4 heteroatoms. The fourth-order valence-corrected chi connectivity index (χ4v) is 3.22. The zero-order chi connectivity index (χ0) is 13.7. The van der Waals surface area contributed by atoms with Crippen molar-refractivity contribution in [2.24, 2.45) is 0 Å². The highest BCUT2D eigenvalue weighted by Gasteiger charge is 2.26. The Morgan fingerprint density at radius 2 is 2.20 bits per heavy atom. The Hall–Kier alpha value is -1.13. The molecule has 0 bridgehead atoms. The van der Waals surface area contributed by atoms with Crippen molar-refractivity contribution < 1.29 is 4.74 Å². The number of fused-ring (bicyclic) bond motifs is 2. The molecule has 0 saturated heterocycles. The van der Waals surface area contributed by atoms with E-state index in [1.165, 1.54) is 40.7 Å². The predicted octanol–water partition coefficient (Wildman–Crippen LogP) is 3.95. The molecular formula is C16H17BrN2O. The summed E-state index contributed by atoms with van der Waals surface area (Å²) in [5, 5.41) is 4.90. The smallest absolute Gasteiger partial charge is 0.0870 e. The number of benzene rings is 1. The van der Waals surface area contributed by atoms with Gasteiger partial charge in [0.1, 0.15) is 0 Å². The van der Waals surface area contributed by atoms with Crippen LogP contribution >= 0.6 is 15.9 Å². The minimum Gasteiger partial charge on any atom is -0.381 e. The van der Waals surface area contributed by atoms with E-state index in [1.54, 1.807) is 0 Å². The zero-order valence-corrected chi connectivity index (χ0v) is 13.1. The summed E-state index contributed by atoms with van der Waals surface area (Å²) in [6, 6.07) is 4.97. The third-order valence-corrected chi connectivity index (χ3v) is 5.13. The number of aryl methyl sites for hydroxylation is 1. The molecule has 0 atom stereocenters. The van der Waals surface area contributed by atoms with Gasteiger partial charge in [-0.3, -0.25) is 4.98 Å². The monoisotopic (exact) mass is 332 g/mol. The highest BCUT2D eigenvalue weighted by molar-refractivity contribution is 9.10. The Morgan fingerprint density at radius 3 is 3.00 bits per heavy atom. The largest absolute Gasteiger partial charge is 0.381 e. The normalized spacial score (nSPS) is 18.1. The third-order valence-electron chi connectivity index (χ3n) is 4.13. The summed E-state index contributed by atoms with van der Waals surface area (Å²) in [7, 11) is 0. The summed E-state index contributed by atoms with van der Waals surface area (Å²) in [6.45, 7) is 3.57. The van der Waals surface area contributed by atoms with Crippen molar-refractivity contribution in [3.8, 4) is 0 Å². The first-order valence-electron chi connectivity index (χ1n) is 7.19. The van der Waals surface area contributed by atoms with Gasteiger partial charge in [0.05, 0.1) is 30.1 Å². The number of hydrogen-bond acceptors (Lipinski definition) is 3. The number of rotatable bonds is 2. The molecule has 0 amide bonds. The number of hydrogen-bond donors (Lipinski definition) is 1. The first kappa shape index (κ1) is 12.6. The molecule has 1 saturated carbocycles. The molecule has 1 aliphatic carbocycles. The van der Waals surface area contributed by atoms with Gasteiger partial charge in [-0.05, 0) is 41.3 Å². The fraction of sp³-hybridized carbons (Fsp3) is 0.438. The lowest BCUT2D eigenvalue weighted by atomic mass is 10.0. The van der Waals surface area contributed by atoms with Crippen LogP contribution < -0.4 is 5.32 Å². The molecule has 20 heavy (non-hydrogen) atoms. The van der Waals surface area contributed by atoms with Gasteiger partial charge in [-0.2, -0.15) is 0 Å². The molecule has 2 heterocycles. The molecule has 0 radical (unpaired) electrons. The van der Waals surface area contributed by atoms with Gasteiger partial charge in [0.25, 0.3) is 0 Å². The number of nitrogens with one attached hydrogen (secondary N) is 1. The summed E-state index contributed by atoms with van der Waals surface area (Å²) < 4.78 is 6.76. The second-order valence-corrected chi connectivity index (χ2v) is 6.52. The van der Waals surface area contributed by atoms with Gasteiger partial charge < -0.3 is 10.1 Å². The first-order chi connectivity index (χ1) is 9.74. The Morgan fingerprint density at radius 1 is 1.35 bits per heavy atom. The van der Waals surface area contributed by atoms with E-state index in [9.17, 15) is 0 Å². The molecule has 0 spiro atoms. The Labute approximate surface area is 126 Å². The quantitative estimate of drug-likeness (QED) is 0.903. The third kappa shape index (κ3) is 2.02. The summed E-state index contributed by atoms with van der Waals surface area (Å²) in [6.07, 6.45) is 3.45. The minimum absolute atomic E-state index is 0.631. The van der Waals surface area contributed by atoms with Gasteiger partial charge in [-0.25, -0.2) is 0 Å². The molecule has 0 unspecified atom stereocenters. The molecule has 2 aromatic rings. The maximum atomic E-state index is 5.65. The van der Waals surface area contributed by atoms with Crippen LogP contribution in [0.5, 0.6) is 0 Å². The van der Waals surface area contributed by atoms with Gasteiger partial charge in [-0.1, -0.05) is 12.1 Å². The van der Waals surface area contributed by atoms with Crippen molar-refractivity contribution in [1.82, 2.24) is 4.98 Å². The maximum absolute atomic E-state index is 5.65. The van der Waals surface area contributed by atoms with Crippen LogP contribution in [0.4, 0.5) is 5.69 Å². The molecule has 1 N–H and O–H groups in total. The van der Waals surface area contributed by atoms with E-state index in [1.807, 2.05) is 0 Å². The number of aromatic nitrogens is 1. The second kappa shape index (κ2) is 4.71. The van der Waals surface area contributed by atoms with E-state index in [4.69, 9.17) is 9.72 Å². The molecule has 1 fully saturated rings. The van der Waals surface area contributed by atoms with Gasteiger partial charge in [0, 0.05) is 27.9 Å². The van der Waals surface area contributed by atoms with Crippen LogP contribution in [0.25, 0.3) is 10.9 Å². The van der Waals surface area contributed by atoms with E-state index >= 15 is 0 Å². The molecule has 104 valence electrons. The Kier molecular flexibility index (Phi) is 2.97. The lowest BCUT2D eigenvalue weighted by molar-refractivity contribution is 0.110. The molecule has 3 nitrogen and oxygen atoms in total.